The molecule has 0 spiro atoms. The topological polar surface area (TPSA) is 61.0 Å². The second-order valence-electron chi connectivity index (χ2n) is 3.48. The van der Waals surface area contributed by atoms with Gasteiger partial charge in [0, 0.05) is 9.75 Å². The van der Waals surface area contributed by atoms with Gasteiger partial charge in [-0.15, -0.1) is 11.3 Å². The van der Waals surface area contributed by atoms with E-state index in [-0.39, 0.29) is 5.82 Å². The fraction of sp³-hybridized carbons (Fsp3) is 0.300. The molecule has 2 aromatic heterocycles. The third kappa shape index (κ3) is 2.73. The van der Waals surface area contributed by atoms with Gasteiger partial charge in [0.15, 0.2) is 0 Å². The van der Waals surface area contributed by atoms with Crippen molar-refractivity contribution in [2.45, 2.75) is 19.9 Å². The van der Waals surface area contributed by atoms with Gasteiger partial charge in [-0.05, 0) is 39.4 Å². The summed E-state index contributed by atoms with van der Waals surface area (Å²) in [6, 6.07) is 4.11. The third-order valence-corrected chi connectivity index (χ3v) is 4.03. The van der Waals surface area contributed by atoms with Crippen LogP contribution in [0.1, 0.15) is 16.7 Å². The molecule has 0 atom stereocenters. The van der Waals surface area contributed by atoms with Crippen molar-refractivity contribution in [2.75, 3.05) is 0 Å². The Morgan fingerprint density at radius 2 is 2.24 bits per heavy atom. The summed E-state index contributed by atoms with van der Waals surface area (Å²) in [7, 11) is 0. The number of nitrogens with zero attached hydrogens (tertiary/aromatic N) is 3. The van der Waals surface area contributed by atoms with E-state index in [2.05, 4.69) is 34.0 Å². The zero-order valence-corrected chi connectivity index (χ0v) is 11.5. The van der Waals surface area contributed by atoms with Crippen molar-refractivity contribution in [3.63, 3.8) is 0 Å². The van der Waals surface area contributed by atoms with Crippen molar-refractivity contribution < 1.29 is 4.92 Å². The molecule has 0 amide bonds. The van der Waals surface area contributed by atoms with E-state index >= 15 is 0 Å². The van der Waals surface area contributed by atoms with E-state index in [9.17, 15) is 10.1 Å². The lowest BCUT2D eigenvalue weighted by molar-refractivity contribution is -0.390. The van der Waals surface area contributed by atoms with Crippen LogP contribution in [-0.2, 0) is 13.0 Å². The Kier molecular flexibility index (Phi) is 3.58. The molecule has 0 N–H and O–H groups in total. The summed E-state index contributed by atoms with van der Waals surface area (Å²) in [5.74, 6) is -0.141. The number of halogens is 1. The van der Waals surface area contributed by atoms with Gasteiger partial charge in [-0.25, -0.2) is 0 Å². The number of rotatable bonds is 4. The minimum absolute atomic E-state index is 0.141. The summed E-state index contributed by atoms with van der Waals surface area (Å²) in [5.41, 5.74) is 0. The quantitative estimate of drug-likeness (QED) is 0.643. The van der Waals surface area contributed by atoms with Gasteiger partial charge in [0.25, 0.3) is 0 Å². The Bertz CT molecular complexity index is 549. The number of nitro groups is 1. The summed E-state index contributed by atoms with van der Waals surface area (Å²) >= 11 is 4.83. The van der Waals surface area contributed by atoms with Crippen molar-refractivity contribution in [3.8, 4) is 0 Å². The van der Waals surface area contributed by atoms with Crippen molar-refractivity contribution in [3.05, 3.63) is 42.7 Å². The van der Waals surface area contributed by atoms with Crippen LogP contribution in [-0.4, -0.2) is 14.7 Å². The van der Waals surface area contributed by atoms with E-state index < -0.39 is 4.92 Å². The van der Waals surface area contributed by atoms with Gasteiger partial charge in [0.05, 0.1) is 17.8 Å². The molecule has 0 aliphatic carbocycles. The van der Waals surface area contributed by atoms with Crippen molar-refractivity contribution in [2.24, 2.45) is 0 Å². The van der Waals surface area contributed by atoms with Crippen LogP contribution in [0.25, 0.3) is 0 Å². The Morgan fingerprint density at radius 1 is 1.53 bits per heavy atom. The number of hydrogen-bond acceptors (Lipinski definition) is 4. The van der Waals surface area contributed by atoms with Gasteiger partial charge in [0.1, 0.15) is 4.47 Å². The first kappa shape index (κ1) is 12.3. The highest BCUT2D eigenvalue weighted by Crippen LogP contribution is 2.24. The Balaban J connectivity index is 2.18. The number of aryl methyl sites for hydroxylation is 1. The maximum atomic E-state index is 10.6. The molecule has 2 aromatic rings. The first-order valence-electron chi connectivity index (χ1n) is 5.05. The fourth-order valence-corrected chi connectivity index (χ4v) is 2.86. The highest BCUT2D eigenvalue weighted by atomic mass is 79.9. The summed E-state index contributed by atoms with van der Waals surface area (Å²) in [5, 5.41) is 14.6. The van der Waals surface area contributed by atoms with E-state index in [4.69, 9.17) is 0 Å². The second-order valence-corrected chi connectivity index (χ2v) is 5.58. The predicted octanol–water partition coefficient (Wildman–Crippen LogP) is 3.23. The second kappa shape index (κ2) is 4.97. The molecule has 0 fully saturated rings. The molecular formula is C10H10BrN3O2S. The van der Waals surface area contributed by atoms with E-state index in [0.717, 1.165) is 11.3 Å². The fourth-order valence-electron chi connectivity index (χ4n) is 1.45. The Labute approximate surface area is 110 Å². The third-order valence-electron chi connectivity index (χ3n) is 2.26. The largest absolute Gasteiger partial charge is 0.404 e. The van der Waals surface area contributed by atoms with Crippen LogP contribution >= 0.6 is 27.3 Å². The van der Waals surface area contributed by atoms with E-state index in [0.29, 0.717) is 11.0 Å². The minimum atomic E-state index is -0.494. The Morgan fingerprint density at radius 3 is 2.76 bits per heavy atom. The number of aromatic nitrogens is 2. The molecule has 5 nitrogen and oxygen atoms in total. The van der Waals surface area contributed by atoms with Crippen LogP contribution in [0.15, 0.2) is 22.8 Å². The first-order valence-corrected chi connectivity index (χ1v) is 6.66. The number of thiophene rings is 1. The van der Waals surface area contributed by atoms with Gasteiger partial charge in [-0.2, -0.15) is 4.68 Å². The van der Waals surface area contributed by atoms with E-state index in [1.165, 1.54) is 4.88 Å². The lowest BCUT2D eigenvalue weighted by atomic mass is 10.4. The molecule has 0 unspecified atom stereocenters. The molecule has 2 heterocycles. The monoisotopic (exact) mass is 315 g/mol. The van der Waals surface area contributed by atoms with Crippen LogP contribution in [0, 0.1) is 10.1 Å². The summed E-state index contributed by atoms with van der Waals surface area (Å²) in [6.45, 7) is 2.67. The molecule has 2 rings (SSSR count). The van der Waals surface area contributed by atoms with Crippen molar-refractivity contribution >= 4 is 33.1 Å². The first-order chi connectivity index (χ1) is 8.10. The molecule has 0 aromatic carbocycles. The molecule has 0 saturated carbocycles. The molecule has 0 aliphatic heterocycles. The van der Waals surface area contributed by atoms with Crippen LogP contribution < -0.4 is 0 Å². The summed E-state index contributed by atoms with van der Waals surface area (Å²) < 4.78 is 1.99. The normalized spacial score (nSPS) is 10.7. The SMILES string of the molecule is CCc1ccc(Cn2cc(Br)c([N+](=O)[O-])n2)s1. The van der Waals surface area contributed by atoms with Crippen molar-refractivity contribution in [1.29, 1.82) is 0 Å². The molecule has 0 bridgehead atoms. The van der Waals surface area contributed by atoms with Crippen LogP contribution in [0.2, 0.25) is 0 Å². The maximum absolute atomic E-state index is 10.6. The van der Waals surface area contributed by atoms with E-state index in [1.807, 2.05) is 6.07 Å². The van der Waals surface area contributed by atoms with Crippen molar-refractivity contribution in [1.82, 2.24) is 9.78 Å². The van der Waals surface area contributed by atoms with Gasteiger partial charge >= 0.3 is 5.82 Å². The summed E-state index contributed by atoms with van der Waals surface area (Å²) in [4.78, 5) is 12.6. The van der Waals surface area contributed by atoms with Gasteiger partial charge < -0.3 is 10.1 Å². The number of hydrogen-bond donors (Lipinski definition) is 0. The lowest BCUT2D eigenvalue weighted by Crippen LogP contribution is -1.99. The standard InChI is InChI=1S/C10H10BrN3O2S/c1-2-7-3-4-8(17-7)5-13-6-9(11)10(12-13)14(15)16/h3-4,6H,2,5H2,1H3. The van der Waals surface area contributed by atoms with Gasteiger partial charge in [-0.1, -0.05) is 6.92 Å². The highest BCUT2D eigenvalue weighted by Gasteiger charge is 2.18. The average molecular weight is 316 g/mol. The molecule has 17 heavy (non-hydrogen) atoms. The molecule has 90 valence electrons. The maximum Gasteiger partial charge on any atom is 0.404 e. The predicted molar refractivity (Wildman–Crippen MR) is 69.4 cm³/mol. The molecule has 0 saturated heterocycles. The van der Waals surface area contributed by atoms with Gasteiger partial charge in [-0.3, -0.25) is 0 Å². The molecule has 7 heteroatoms. The zero-order chi connectivity index (χ0) is 12.4. The smallest absolute Gasteiger partial charge is 0.358 e. The lowest BCUT2D eigenvalue weighted by Gasteiger charge is -1.92. The average Bonchev–Trinajstić information content (AvgIpc) is 2.85. The van der Waals surface area contributed by atoms with E-state index in [1.54, 1.807) is 22.2 Å². The minimum Gasteiger partial charge on any atom is -0.358 e. The zero-order valence-electron chi connectivity index (χ0n) is 9.09. The Hall–Kier alpha value is -1.21. The van der Waals surface area contributed by atoms with Crippen LogP contribution in [0.3, 0.4) is 0 Å². The molecular weight excluding hydrogens is 306 g/mol. The van der Waals surface area contributed by atoms with Crippen LogP contribution in [0.4, 0.5) is 5.82 Å². The van der Waals surface area contributed by atoms with Gasteiger partial charge in [0.2, 0.25) is 0 Å². The summed E-state index contributed by atoms with van der Waals surface area (Å²) in [6.07, 6.45) is 2.64. The molecule has 0 aliphatic rings. The van der Waals surface area contributed by atoms with Crippen LogP contribution in [0.5, 0.6) is 0 Å². The highest BCUT2D eigenvalue weighted by molar-refractivity contribution is 9.10. The molecule has 0 radical (unpaired) electrons.